The molecule has 1 heterocycles. The van der Waals surface area contributed by atoms with Crippen LogP contribution in [0.1, 0.15) is 91.0 Å². The van der Waals surface area contributed by atoms with Gasteiger partial charge in [0.1, 0.15) is 17.9 Å². The number of aryl methyl sites for hydroxylation is 1. The van der Waals surface area contributed by atoms with Crippen LogP contribution in [0.25, 0.3) is 5.76 Å². The molecule has 2 aromatic carbocycles. The fourth-order valence-electron chi connectivity index (χ4n) is 8.51. The number of benzene rings is 2. The van der Waals surface area contributed by atoms with E-state index in [0.29, 0.717) is 36.6 Å². The molecule has 3 aliphatic carbocycles. The Kier molecular flexibility index (Phi) is 10.4. The van der Waals surface area contributed by atoms with E-state index in [-0.39, 0.29) is 40.3 Å². The van der Waals surface area contributed by atoms with Crippen LogP contribution >= 0.6 is 0 Å². The summed E-state index contributed by atoms with van der Waals surface area (Å²) in [5.74, 6) is -1.04. The van der Waals surface area contributed by atoms with Crippen LogP contribution in [-0.4, -0.2) is 75.4 Å². The van der Waals surface area contributed by atoms with Crippen molar-refractivity contribution in [1.82, 2.24) is 15.4 Å². The summed E-state index contributed by atoms with van der Waals surface area (Å²) >= 11 is 0. The van der Waals surface area contributed by atoms with E-state index in [9.17, 15) is 5.11 Å². The van der Waals surface area contributed by atoms with Gasteiger partial charge >= 0.3 is 0 Å². The maximum Gasteiger partial charge on any atom is 0.265 e. The number of anilines is 1. The van der Waals surface area contributed by atoms with Crippen LogP contribution in [-0.2, 0) is 28.8 Å². The predicted octanol–water partition coefficient (Wildman–Crippen LogP) is 7.66. The molecule has 0 amide bonds. The second-order valence-corrected chi connectivity index (χ2v) is 22.4. The summed E-state index contributed by atoms with van der Waals surface area (Å²) in [7, 11) is 5.09. The Labute approximate surface area is 316 Å². The van der Waals surface area contributed by atoms with E-state index >= 15 is 9.59 Å². The molecule has 1 saturated carbocycles. The molecule has 11 heteroatoms. The minimum Gasteiger partial charge on any atom is -0.507 e. The van der Waals surface area contributed by atoms with Gasteiger partial charge in [-0.1, -0.05) is 71.0 Å². The van der Waals surface area contributed by atoms with E-state index in [4.69, 9.17) is 13.7 Å². The van der Waals surface area contributed by atoms with Crippen molar-refractivity contribution in [3.8, 4) is 5.88 Å². The van der Waals surface area contributed by atoms with Gasteiger partial charge in [0.05, 0.1) is 6.04 Å². The zero-order valence-corrected chi connectivity index (χ0v) is 34.6. The standard InChI is InChI=1S/C42H58N4O6Si/c1-24(2)21-43-22-28-18-25(3)31-29(34(28)45(7)8)19-27-20-30-35(46(9)10)37-33(40(44-51-37)50-23-26-16-14-13-15-17-26)39(49)42(30,38(48)32(27)36(31)47)52-53(11,12)41(4,5)6/h13-18,24,27,30,35,43,47H,19-23H2,1-12H3/t27-,30-,35-,42-/m0/s1. The highest BCUT2D eigenvalue weighted by atomic mass is 28.4. The molecule has 53 heavy (non-hydrogen) atoms. The lowest BCUT2D eigenvalue weighted by Crippen LogP contribution is -2.68. The van der Waals surface area contributed by atoms with E-state index in [0.717, 1.165) is 34.5 Å². The number of aliphatic hydroxyl groups excluding tert-OH is 1. The highest BCUT2D eigenvalue weighted by Crippen LogP contribution is 2.59. The molecule has 0 saturated heterocycles. The normalized spacial score (nSPS) is 22.9. The summed E-state index contributed by atoms with van der Waals surface area (Å²) in [4.78, 5) is 35.2. The molecular weight excluding hydrogens is 685 g/mol. The smallest absolute Gasteiger partial charge is 0.265 e. The maximum atomic E-state index is 15.7. The number of fused-ring (bicyclic) bond motifs is 4. The largest absolute Gasteiger partial charge is 0.507 e. The monoisotopic (exact) mass is 742 g/mol. The number of hydrogen-bond donors (Lipinski definition) is 2. The summed E-state index contributed by atoms with van der Waals surface area (Å²) < 4.78 is 19.5. The Morgan fingerprint density at radius 3 is 2.36 bits per heavy atom. The molecule has 3 aliphatic rings. The van der Waals surface area contributed by atoms with Gasteiger partial charge in [-0.25, -0.2) is 0 Å². The molecule has 0 aliphatic heterocycles. The van der Waals surface area contributed by atoms with E-state index in [1.807, 2.05) is 70.3 Å². The highest BCUT2D eigenvalue weighted by Gasteiger charge is 2.69. The first-order valence-corrected chi connectivity index (χ1v) is 21.8. The highest BCUT2D eigenvalue weighted by molar-refractivity contribution is 6.74. The number of Topliss-reactive ketones (excluding diaryl/α,β-unsaturated/α-hetero) is 2. The number of carbonyl (C=O) groups is 2. The number of ketones is 2. The van der Waals surface area contributed by atoms with Crippen molar-refractivity contribution in [2.75, 3.05) is 39.6 Å². The Morgan fingerprint density at radius 2 is 1.75 bits per heavy atom. The summed E-state index contributed by atoms with van der Waals surface area (Å²) in [6, 6.07) is 11.2. The lowest BCUT2D eigenvalue weighted by Gasteiger charge is -2.55. The summed E-state index contributed by atoms with van der Waals surface area (Å²) in [5.41, 5.74) is 4.19. The molecule has 10 nitrogen and oxygen atoms in total. The molecule has 3 aromatic rings. The van der Waals surface area contributed by atoms with Gasteiger partial charge in [0, 0.05) is 43.4 Å². The summed E-state index contributed by atoms with van der Waals surface area (Å²) in [6.45, 7) is 18.6. The van der Waals surface area contributed by atoms with E-state index < -0.39 is 37.4 Å². The zero-order valence-electron chi connectivity index (χ0n) is 33.6. The topological polar surface area (TPSA) is 117 Å². The van der Waals surface area contributed by atoms with Crippen molar-refractivity contribution in [3.63, 3.8) is 0 Å². The number of rotatable bonds is 11. The van der Waals surface area contributed by atoms with Crippen LogP contribution in [0.4, 0.5) is 5.69 Å². The Balaban J connectivity index is 1.55. The average Bonchev–Trinajstić information content (AvgIpc) is 3.47. The predicted molar refractivity (Wildman–Crippen MR) is 211 cm³/mol. The molecule has 2 N–H and O–H groups in total. The van der Waals surface area contributed by atoms with Gasteiger partial charge in [-0.3, -0.25) is 14.5 Å². The SMILES string of the molecule is Cc1cc(CNCC(C)C)c(N(C)C)c2c1C(O)=C1C(=O)[C@]3(O[Si](C)(C)C(C)(C)C)C(=O)c4c(OCc5ccccc5)noc4[C@@H](N(C)C)[C@@H]3C[C@@H]1C2. The van der Waals surface area contributed by atoms with Crippen LogP contribution < -0.4 is 15.0 Å². The Bertz CT molecular complexity index is 1920. The van der Waals surface area contributed by atoms with Crippen LogP contribution in [0.2, 0.25) is 18.1 Å². The summed E-state index contributed by atoms with van der Waals surface area (Å²) in [5, 5.41) is 20.0. The summed E-state index contributed by atoms with van der Waals surface area (Å²) in [6.07, 6.45) is 0.971. The van der Waals surface area contributed by atoms with Crippen molar-refractivity contribution >= 4 is 31.3 Å². The molecule has 6 rings (SSSR count). The first-order valence-electron chi connectivity index (χ1n) is 18.9. The van der Waals surface area contributed by atoms with Gasteiger partial charge in [-0.15, -0.1) is 0 Å². The lowest BCUT2D eigenvalue weighted by molar-refractivity contribution is -0.140. The molecule has 0 radical (unpaired) electrons. The van der Waals surface area contributed by atoms with E-state index in [1.165, 1.54) is 0 Å². The molecule has 0 spiro atoms. The Hall–Kier alpha value is -3.77. The minimum absolute atomic E-state index is 0.0459. The van der Waals surface area contributed by atoms with Gasteiger partial charge in [-0.05, 0) is 97.8 Å². The number of nitrogens with zero attached hydrogens (tertiary/aromatic N) is 3. The number of carbonyl (C=O) groups excluding carboxylic acids is 2. The molecule has 1 aromatic heterocycles. The van der Waals surface area contributed by atoms with Gasteiger partial charge in [-0.2, -0.15) is 0 Å². The molecule has 1 fully saturated rings. The van der Waals surface area contributed by atoms with Crippen molar-refractivity contribution in [3.05, 3.63) is 81.1 Å². The zero-order chi connectivity index (χ0) is 38.8. The van der Waals surface area contributed by atoms with Crippen molar-refractivity contribution < 1.29 is 28.4 Å². The van der Waals surface area contributed by atoms with Crippen molar-refractivity contribution in [2.45, 2.75) is 97.3 Å². The van der Waals surface area contributed by atoms with Gasteiger partial charge in [0.25, 0.3) is 5.88 Å². The van der Waals surface area contributed by atoms with Crippen molar-refractivity contribution in [1.29, 1.82) is 0 Å². The second kappa shape index (κ2) is 14.1. The third-order valence-electron chi connectivity index (χ3n) is 11.9. The van der Waals surface area contributed by atoms with E-state index in [1.54, 1.807) is 0 Å². The fraction of sp³-hybridized carbons (Fsp3) is 0.548. The van der Waals surface area contributed by atoms with Gasteiger partial charge < -0.3 is 29.0 Å². The lowest BCUT2D eigenvalue weighted by atomic mass is 9.57. The van der Waals surface area contributed by atoms with Crippen LogP contribution in [0.15, 0.2) is 46.5 Å². The van der Waals surface area contributed by atoms with Gasteiger partial charge in [0.2, 0.25) is 11.6 Å². The average molecular weight is 743 g/mol. The molecule has 4 atom stereocenters. The molecule has 286 valence electrons. The number of ether oxygens (including phenoxy) is 1. The minimum atomic E-state index is -2.83. The quantitative estimate of drug-likeness (QED) is 0.150. The van der Waals surface area contributed by atoms with Crippen LogP contribution in [0.3, 0.4) is 0 Å². The van der Waals surface area contributed by atoms with Crippen LogP contribution in [0, 0.1) is 24.7 Å². The maximum absolute atomic E-state index is 15.7. The van der Waals surface area contributed by atoms with Crippen molar-refractivity contribution in [2.24, 2.45) is 17.8 Å². The van der Waals surface area contributed by atoms with Gasteiger partial charge in [0.15, 0.2) is 19.7 Å². The number of aromatic nitrogens is 1. The molecule has 0 bridgehead atoms. The fourth-order valence-corrected chi connectivity index (χ4v) is 9.96. The van der Waals surface area contributed by atoms with E-state index in [2.05, 4.69) is 69.2 Å². The molecule has 0 unspecified atom stereocenters. The Morgan fingerprint density at radius 1 is 1.08 bits per heavy atom. The third-order valence-corrected chi connectivity index (χ3v) is 16.3. The number of nitrogens with one attached hydrogen (secondary N) is 1. The first-order chi connectivity index (χ1) is 24.8. The number of aliphatic hydroxyl groups is 1. The third kappa shape index (κ3) is 6.57. The second-order valence-electron chi connectivity index (χ2n) is 17.6. The molecular formula is C42H58N4O6Si. The number of hydrogen-bond acceptors (Lipinski definition) is 10. The van der Waals surface area contributed by atoms with Crippen LogP contribution in [0.5, 0.6) is 5.88 Å². The first kappa shape index (κ1) is 38.9.